The Morgan fingerprint density at radius 3 is 2.81 bits per heavy atom. The van der Waals surface area contributed by atoms with Gasteiger partial charge in [0.15, 0.2) is 17.0 Å². The molecule has 1 N–H and O–H groups in total. The van der Waals surface area contributed by atoms with Crippen LogP contribution >= 0.6 is 11.6 Å². The van der Waals surface area contributed by atoms with Gasteiger partial charge in [-0.25, -0.2) is 18.7 Å². The number of fused-ring (bicyclic) bond motifs is 2. The molecule has 4 aromatic rings. The minimum Gasteiger partial charge on any atom is -0.472 e. The van der Waals surface area contributed by atoms with Crippen molar-refractivity contribution < 1.29 is 9.13 Å². The van der Waals surface area contributed by atoms with Crippen LogP contribution in [0.15, 0.2) is 18.3 Å². The Bertz CT molecular complexity index is 1360. The molecule has 2 aliphatic rings. The van der Waals surface area contributed by atoms with E-state index in [1.807, 2.05) is 30.7 Å². The summed E-state index contributed by atoms with van der Waals surface area (Å²) in [4.78, 5) is 13.5. The lowest BCUT2D eigenvalue weighted by atomic mass is 10.2. The van der Waals surface area contributed by atoms with E-state index >= 15 is 0 Å². The summed E-state index contributed by atoms with van der Waals surface area (Å²) in [6, 6.07) is 3.94. The van der Waals surface area contributed by atoms with E-state index in [0.717, 1.165) is 35.6 Å². The molecule has 5 heterocycles. The second-order valence-corrected chi connectivity index (χ2v) is 8.60. The molecule has 6 rings (SSSR count). The Morgan fingerprint density at radius 1 is 1.19 bits per heavy atom. The zero-order chi connectivity index (χ0) is 22.0. The summed E-state index contributed by atoms with van der Waals surface area (Å²) in [6.07, 6.45) is 2.34. The Hall–Kier alpha value is -3.27. The zero-order valence-electron chi connectivity index (χ0n) is 17.5. The number of pyridine rings is 1. The standard InChI is InChI=1S/C21H20ClFN8O/c1-10-3-6-15(11(2)25-10)31-17(12-4-5-12)16-20(29-31)32-9-13(23)8-30-19-14(18(22)28-30)7-24-21(26-16)27-19/h3,6-7,12-13H,4-5,8-9H2,1-2H3,(H,24,26,27)/t13-/m1/s1. The van der Waals surface area contributed by atoms with Crippen molar-refractivity contribution >= 4 is 34.3 Å². The molecular formula is C21H20ClFN8O. The molecule has 4 aromatic heterocycles. The van der Waals surface area contributed by atoms with E-state index in [0.29, 0.717) is 34.5 Å². The minimum absolute atomic E-state index is 0.0355. The van der Waals surface area contributed by atoms with Crippen molar-refractivity contribution in [2.45, 2.75) is 45.3 Å². The van der Waals surface area contributed by atoms with Crippen LogP contribution in [-0.2, 0) is 6.54 Å². The van der Waals surface area contributed by atoms with Gasteiger partial charge in [-0.1, -0.05) is 11.6 Å². The summed E-state index contributed by atoms with van der Waals surface area (Å²) >= 11 is 6.20. The van der Waals surface area contributed by atoms with Crippen molar-refractivity contribution in [3.63, 3.8) is 0 Å². The van der Waals surface area contributed by atoms with Gasteiger partial charge >= 0.3 is 0 Å². The van der Waals surface area contributed by atoms with E-state index in [1.165, 1.54) is 4.68 Å². The molecule has 11 heteroatoms. The third-order valence-corrected chi connectivity index (χ3v) is 6.01. The van der Waals surface area contributed by atoms with Gasteiger partial charge in [0.05, 0.1) is 29.0 Å². The van der Waals surface area contributed by atoms with Gasteiger partial charge < -0.3 is 10.1 Å². The summed E-state index contributed by atoms with van der Waals surface area (Å²) in [5, 5.41) is 13.0. The smallest absolute Gasteiger partial charge is 0.257 e. The van der Waals surface area contributed by atoms with Gasteiger partial charge in [-0.3, -0.25) is 4.98 Å². The van der Waals surface area contributed by atoms with Crippen LogP contribution in [0.4, 0.5) is 16.0 Å². The van der Waals surface area contributed by atoms with E-state index in [-0.39, 0.29) is 18.3 Å². The fourth-order valence-electron chi connectivity index (χ4n) is 4.08. The fraction of sp³-hybridized carbons (Fsp3) is 0.381. The number of rotatable bonds is 2. The first kappa shape index (κ1) is 19.4. The number of halogens is 2. The number of ether oxygens (including phenoxy) is 1. The highest BCUT2D eigenvalue weighted by molar-refractivity contribution is 6.34. The Kier molecular flexibility index (Phi) is 4.32. The van der Waals surface area contributed by atoms with E-state index < -0.39 is 6.17 Å². The maximum absolute atomic E-state index is 14.8. The minimum atomic E-state index is -1.32. The summed E-state index contributed by atoms with van der Waals surface area (Å²) < 4.78 is 24.0. The van der Waals surface area contributed by atoms with Crippen LogP contribution in [-0.4, -0.2) is 47.3 Å². The molecule has 0 spiro atoms. The predicted octanol–water partition coefficient (Wildman–Crippen LogP) is 4.03. The van der Waals surface area contributed by atoms with Crippen molar-refractivity contribution in [1.29, 1.82) is 0 Å². The number of nitrogens with one attached hydrogen (secondary N) is 1. The number of aryl methyl sites for hydroxylation is 2. The first-order valence-corrected chi connectivity index (χ1v) is 10.9. The molecule has 2 bridgehead atoms. The third kappa shape index (κ3) is 3.17. The molecule has 164 valence electrons. The maximum atomic E-state index is 14.8. The highest BCUT2D eigenvalue weighted by atomic mass is 35.5. The van der Waals surface area contributed by atoms with Gasteiger partial charge in [0, 0.05) is 17.8 Å². The van der Waals surface area contributed by atoms with Crippen molar-refractivity contribution in [2.24, 2.45) is 0 Å². The SMILES string of the molecule is Cc1ccc(-n2nc3c(c2C2CC2)Nc2ncc4c(Cl)nn(c4n2)C[C@@H](F)CO3)c(C)n1. The molecule has 9 nitrogen and oxygen atoms in total. The quantitative estimate of drug-likeness (QED) is 0.488. The highest BCUT2D eigenvalue weighted by Gasteiger charge is 2.35. The van der Waals surface area contributed by atoms with Crippen molar-refractivity contribution in [1.82, 2.24) is 34.5 Å². The van der Waals surface area contributed by atoms with E-state index in [9.17, 15) is 4.39 Å². The number of hydrogen-bond acceptors (Lipinski definition) is 7. The summed E-state index contributed by atoms with van der Waals surface area (Å²) in [6.45, 7) is 3.69. The number of aromatic nitrogens is 7. The van der Waals surface area contributed by atoms with Gasteiger partial charge in [-0.15, -0.1) is 5.10 Å². The van der Waals surface area contributed by atoms with Crippen LogP contribution in [0, 0.1) is 13.8 Å². The van der Waals surface area contributed by atoms with Crippen LogP contribution in [0.5, 0.6) is 5.88 Å². The molecule has 0 radical (unpaired) electrons. The fourth-order valence-corrected chi connectivity index (χ4v) is 4.31. The average Bonchev–Trinajstić information content (AvgIpc) is 3.47. The number of nitrogens with zero attached hydrogens (tertiary/aromatic N) is 7. The van der Waals surface area contributed by atoms with Gasteiger partial charge in [0.1, 0.15) is 12.3 Å². The summed E-state index contributed by atoms with van der Waals surface area (Å²) in [5.41, 5.74) is 4.73. The Labute approximate surface area is 187 Å². The largest absolute Gasteiger partial charge is 0.472 e. The molecule has 1 fully saturated rings. The first-order valence-electron chi connectivity index (χ1n) is 10.5. The normalized spacial score (nSPS) is 18.2. The van der Waals surface area contributed by atoms with Gasteiger partial charge in [-0.05, 0) is 38.8 Å². The van der Waals surface area contributed by atoms with Crippen molar-refractivity contribution in [3.8, 4) is 11.6 Å². The highest BCUT2D eigenvalue weighted by Crippen LogP contribution is 2.48. The molecule has 0 saturated heterocycles. The van der Waals surface area contributed by atoms with Crippen molar-refractivity contribution in [2.75, 3.05) is 11.9 Å². The molecule has 1 saturated carbocycles. The third-order valence-electron chi connectivity index (χ3n) is 5.73. The monoisotopic (exact) mass is 454 g/mol. The number of alkyl halides is 1. The maximum Gasteiger partial charge on any atom is 0.257 e. The molecule has 0 amide bonds. The van der Waals surface area contributed by atoms with Gasteiger partial charge in [0.2, 0.25) is 5.95 Å². The molecular weight excluding hydrogens is 435 g/mol. The van der Waals surface area contributed by atoms with E-state index in [2.05, 4.69) is 25.4 Å². The topological polar surface area (TPSA) is 95.6 Å². The molecule has 32 heavy (non-hydrogen) atoms. The lowest BCUT2D eigenvalue weighted by Gasteiger charge is -2.11. The van der Waals surface area contributed by atoms with E-state index in [4.69, 9.17) is 21.4 Å². The second-order valence-electron chi connectivity index (χ2n) is 8.25. The molecule has 1 aliphatic heterocycles. The van der Waals surface area contributed by atoms with Crippen LogP contribution in [0.2, 0.25) is 5.15 Å². The summed E-state index contributed by atoms with van der Waals surface area (Å²) in [7, 11) is 0. The lowest BCUT2D eigenvalue weighted by Crippen LogP contribution is -2.20. The first-order chi connectivity index (χ1) is 15.5. The molecule has 0 aromatic carbocycles. The van der Waals surface area contributed by atoms with E-state index in [1.54, 1.807) is 6.20 Å². The second kappa shape index (κ2) is 7.13. The predicted molar refractivity (Wildman–Crippen MR) is 117 cm³/mol. The summed E-state index contributed by atoms with van der Waals surface area (Å²) in [5.74, 6) is 0.964. The zero-order valence-corrected chi connectivity index (χ0v) is 18.3. The van der Waals surface area contributed by atoms with Crippen LogP contribution in [0.3, 0.4) is 0 Å². The molecule has 1 aliphatic carbocycles. The Morgan fingerprint density at radius 2 is 2.03 bits per heavy atom. The molecule has 0 unspecified atom stereocenters. The van der Waals surface area contributed by atoms with Crippen LogP contribution < -0.4 is 10.1 Å². The molecule has 1 atom stereocenters. The van der Waals surface area contributed by atoms with Gasteiger partial charge in [-0.2, -0.15) is 10.1 Å². The van der Waals surface area contributed by atoms with Crippen LogP contribution in [0.1, 0.15) is 35.8 Å². The average molecular weight is 455 g/mol. The van der Waals surface area contributed by atoms with Gasteiger partial charge in [0.25, 0.3) is 5.88 Å². The number of hydrogen-bond donors (Lipinski definition) is 1. The number of anilines is 2. The lowest BCUT2D eigenvalue weighted by molar-refractivity contribution is 0.171. The van der Waals surface area contributed by atoms with Crippen molar-refractivity contribution in [3.05, 3.63) is 40.6 Å². The Balaban J connectivity index is 1.54. The van der Waals surface area contributed by atoms with Crippen LogP contribution in [0.25, 0.3) is 16.7 Å².